The molecule has 1 aromatic carbocycles. The van der Waals surface area contributed by atoms with Crippen LogP contribution in [-0.2, 0) is 6.42 Å². The van der Waals surface area contributed by atoms with Crippen LogP contribution in [0.4, 0.5) is 5.69 Å². The molecule has 0 aliphatic carbocycles. The summed E-state index contributed by atoms with van der Waals surface area (Å²) in [6, 6.07) is 5.02. The molecule has 0 aromatic heterocycles. The van der Waals surface area contributed by atoms with Crippen molar-refractivity contribution >= 4 is 44.2 Å². The van der Waals surface area contributed by atoms with Gasteiger partial charge in [0.25, 0.3) is 0 Å². The predicted molar refractivity (Wildman–Crippen MR) is 68.3 cm³/mol. The van der Waals surface area contributed by atoms with Gasteiger partial charge in [-0.1, -0.05) is 0 Å². The Morgan fingerprint density at radius 2 is 2.31 bits per heavy atom. The van der Waals surface area contributed by atoms with E-state index in [0.29, 0.717) is 6.04 Å². The molecule has 0 amide bonds. The Bertz CT molecular complexity index is 338. The molecule has 2 rings (SSSR count). The Kier molecular flexibility index (Phi) is 2.83. The summed E-state index contributed by atoms with van der Waals surface area (Å²) in [5.41, 5.74) is 2.73. The number of fused-ring (bicyclic) bond motifs is 1. The van der Waals surface area contributed by atoms with E-state index in [4.69, 9.17) is 0 Å². The van der Waals surface area contributed by atoms with Crippen LogP contribution in [-0.4, -0.2) is 6.04 Å². The molecular formula is C10H11BrIN. The van der Waals surface area contributed by atoms with E-state index in [1.807, 2.05) is 0 Å². The van der Waals surface area contributed by atoms with E-state index in [0.717, 1.165) is 0 Å². The third kappa shape index (κ3) is 2.01. The number of nitrogens with one attached hydrogen (secondary N) is 1. The van der Waals surface area contributed by atoms with Gasteiger partial charge >= 0.3 is 0 Å². The highest BCUT2D eigenvalue weighted by Gasteiger charge is 2.16. The van der Waals surface area contributed by atoms with E-state index >= 15 is 0 Å². The van der Waals surface area contributed by atoms with Crippen molar-refractivity contribution in [1.29, 1.82) is 0 Å². The van der Waals surface area contributed by atoms with Gasteiger partial charge in [0.15, 0.2) is 0 Å². The van der Waals surface area contributed by atoms with Crippen LogP contribution >= 0.6 is 38.5 Å². The monoisotopic (exact) mass is 351 g/mol. The minimum atomic E-state index is 0.601. The average Bonchev–Trinajstić information content (AvgIpc) is 2.06. The molecule has 0 spiro atoms. The summed E-state index contributed by atoms with van der Waals surface area (Å²) in [7, 11) is 0. The summed E-state index contributed by atoms with van der Waals surface area (Å²) in [6.45, 7) is 2.23. The fourth-order valence-corrected chi connectivity index (χ4v) is 3.41. The minimum Gasteiger partial charge on any atom is -0.381 e. The maximum atomic E-state index is 3.59. The van der Waals surface area contributed by atoms with E-state index in [1.54, 1.807) is 0 Å². The maximum absolute atomic E-state index is 3.59. The van der Waals surface area contributed by atoms with Gasteiger partial charge in [-0.05, 0) is 76.0 Å². The van der Waals surface area contributed by atoms with Crippen molar-refractivity contribution in [3.63, 3.8) is 0 Å². The second kappa shape index (κ2) is 3.77. The number of anilines is 1. The molecule has 0 saturated heterocycles. The summed E-state index contributed by atoms with van der Waals surface area (Å²) < 4.78 is 2.50. The highest BCUT2D eigenvalue weighted by Crippen LogP contribution is 2.33. The third-order valence-corrected chi connectivity index (χ3v) is 3.62. The van der Waals surface area contributed by atoms with Gasteiger partial charge in [-0.2, -0.15) is 0 Å². The molecule has 1 aliphatic rings. The molecule has 1 aliphatic heterocycles. The Morgan fingerprint density at radius 3 is 3.08 bits per heavy atom. The fraction of sp³-hybridized carbons (Fsp3) is 0.400. The zero-order valence-electron chi connectivity index (χ0n) is 7.40. The van der Waals surface area contributed by atoms with Gasteiger partial charge in [-0.3, -0.25) is 0 Å². The van der Waals surface area contributed by atoms with Crippen molar-refractivity contribution in [2.75, 3.05) is 5.32 Å². The van der Waals surface area contributed by atoms with Crippen LogP contribution in [0.3, 0.4) is 0 Å². The van der Waals surface area contributed by atoms with E-state index in [1.165, 1.54) is 32.1 Å². The molecule has 70 valence electrons. The summed E-state index contributed by atoms with van der Waals surface area (Å²) in [5.74, 6) is 0. The smallest absolute Gasteiger partial charge is 0.0519 e. The first kappa shape index (κ1) is 9.77. The summed E-state index contributed by atoms with van der Waals surface area (Å²) in [6.07, 6.45) is 2.43. The zero-order chi connectivity index (χ0) is 9.42. The lowest BCUT2D eigenvalue weighted by atomic mass is 9.99. The van der Waals surface area contributed by atoms with Gasteiger partial charge in [0, 0.05) is 14.1 Å². The number of hydrogen-bond donors (Lipinski definition) is 1. The lowest BCUT2D eigenvalue weighted by molar-refractivity contribution is 0.679. The molecule has 0 saturated carbocycles. The first-order valence-corrected chi connectivity index (χ1v) is 6.28. The maximum Gasteiger partial charge on any atom is 0.0519 e. The lowest BCUT2D eigenvalue weighted by Gasteiger charge is -2.25. The third-order valence-electron chi connectivity index (χ3n) is 2.37. The Hall–Kier alpha value is 0.230. The predicted octanol–water partition coefficient (Wildman–Crippen LogP) is 3.80. The second-order valence-electron chi connectivity index (χ2n) is 3.51. The van der Waals surface area contributed by atoms with Crippen LogP contribution in [0.15, 0.2) is 16.6 Å². The van der Waals surface area contributed by atoms with Crippen molar-refractivity contribution in [2.24, 2.45) is 0 Å². The Balaban J connectivity index is 2.47. The van der Waals surface area contributed by atoms with Gasteiger partial charge in [-0.15, -0.1) is 0 Å². The van der Waals surface area contributed by atoms with E-state index in [2.05, 4.69) is 62.9 Å². The SMILES string of the molecule is CC1CCc2cc(I)cc(Br)c2N1. The number of benzene rings is 1. The van der Waals surface area contributed by atoms with Crippen molar-refractivity contribution in [1.82, 2.24) is 0 Å². The first-order chi connectivity index (χ1) is 6.16. The highest BCUT2D eigenvalue weighted by atomic mass is 127. The van der Waals surface area contributed by atoms with E-state index in [-0.39, 0.29) is 0 Å². The standard InChI is InChI=1S/C10H11BrIN/c1-6-2-3-7-4-8(12)5-9(11)10(7)13-6/h4-6,13H,2-3H2,1H3. The summed E-state index contributed by atoms with van der Waals surface area (Å²) >= 11 is 5.95. The van der Waals surface area contributed by atoms with Gasteiger partial charge in [0.1, 0.15) is 0 Å². The minimum absolute atomic E-state index is 0.601. The molecule has 1 atom stereocenters. The molecule has 3 heteroatoms. The average molecular weight is 352 g/mol. The summed E-state index contributed by atoms with van der Waals surface area (Å²) in [4.78, 5) is 0. The Labute approximate surface area is 101 Å². The molecule has 0 radical (unpaired) electrons. The Morgan fingerprint density at radius 1 is 1.54 bits per heavy atom. The number of hydrogen-bond acceptors (Lipinski definition) is 1. The molecule has 0 bridgehead atoms. The van der Waals surface area contributed by atoms with Gasteiger partial charge in [0.05, 0.1) is 5.69 Å². The van der Waals surface area contributed by atoms with Crippen LogP contribution in [0.25, 0.3) is 0 Å². The quantitative estimate of drug-likeness (QED) is 0.701. The molecule has 1 unspecified atom stereocenters. The number of halogens is 2. The van der Waals surface area contributed by atoms with Crippen LogP contribution < -0.4 is 5.32 Å². The van der Waals surface area contributed by atoms with Crippen LogP contribution in [0, 0.1) is 3.57 Å². The fourth-order valence-electron chi connectivity index (χ4n) is 1.68. The van der Waals surface area contributed by atoms with Gasteiger partial charge in [0.2, 0.25) is 0 Å². The van der Waals surface area contributed by atoms with E-state index < -0.39 is 0 Å². The first-order valence-electron chi connectivity index (χ1n) is 4.41. The van der Waals surface area contributed by atoms with Crippen molar-refractivity contribution < 1.29 is 0 Å². The molecule has 1 aromatic rings. The van der Waals surface area contributed by atoms with Crippen molar-refractivity contribution in [3.8, 4) is 0 Å². The molecule has 13 heavy (non-hydrogen) atoms. The zero-order valence-corrected chi connectivity index (χ0v) is 11.1. The van der Waals surface area contributed by atoms with Crippen LogP contribution in [0.5, 0.6) is 0 Å². The van der Waals surface area contributed by atoms with Crippen LogP contribution in [0.2, 0.25) is 0 Å². The van der Waals surface area contributed by atoms with Crippen LogP contribution in [0.1, 0.15) is 18.9 Å². The number of rotatable bonds is 0. The van der Waals surface area contributed by atoms with Gasteiger partial charge in [-0.25, -0.2) is 0 Å². The second-order valence-corrected chi connectivity index (χ2v) is 5.61. The van der Waals surface area contributed by atoms with Gasteiger partial charge < -0.3 is 5.32 Å². The normalized spacial score (nSPS) is 20.7. The largest absolute Gasteiger partial charge is 0.381 e. The highest BCUT2D eigenvalue weighted by molar-refractivity contribution is 14.1. The molecule has 0 fully saturated rings. The number of aryl methyl sites for hydroxylation is 1. The lowest BCUT2D eigenvalue weighted by Crippen LogP contribution is -2.22. The van der Waals surface area contributed by atoms with Crippen molar-refractivity contribution in [3.05, 3.63) is 25.7 Å². The molecule has 1 heterocycles. The van der Waals surface area contributed by atoms with Crippen molar-refractivity contribution in [2.45, 2.75) is 25.8 Å². The molecule has 1 nitrogen and oxygen atoms in total. The summed E-state index contributed by atoms with van der Waals surface area (Å²) in [5, 5.41) is 3.51. The molecule has 1 N–H and O–H groups in total. The van der Waals surface area contributed by atoms with E-state index in [9.17, 15) is 0 Å². The molecular weight excluding hydrogens is 341 g/mol. The topological polar surface area (TPSA) is 12.0 Å².